The molecule has 54 valence electrons. The second-order valence-corrected chi connectivity index (χ2v) is 1.80. The first-order valence-electron chi connectivity index (χ1n) is 2.49. The largest absolute Gasteiger partial charge is 0.389 e. The Balaban J connectivity index is 2.72. The summed E-state index contributed by atoms with van der Waals surface area (Å²) in [6.45, 7) is 0. The van der Waals surface area contributed by atoms with Crippen LogP contribution >= 0.6 is 0 Å². The standard InChI is InChI=1S/C4H3NO5/c6-3-1-2(5(8)9)4(7)10-3/h2H,1H2. The molecule has 0 saturated carbocycles. The molecule has 1 aliphatic heterocycles. The van der Waals surface area contributed by atoms with Crippen LogP contribution in [0.4, 0.5) is 0 Å². The lowest BCUT2D eigenvalue weighted by Gasteiger charge is -1.90. The Kier molecular flexibility index (Phi) is 1.37. The van der Waals surface area contributed by atoms with Crippen LogP contribution in [-0.4, -0.2) is 22.9 Å². The lowest BCUT2D eigenvalue weighted by Crippen LogP contribution is -2.23. The Bertz CT molecular complexity index is 210. The first-order valence-corrected chi connectivity index (χ1v) is 2.49. The normalized spacial score (nSPS) is 24.6. The van der Waals surface area contributed by atoms with Crippen LogP contribution in [0.25, 0.3) is 0 Å². The van der Waals surface area contributed by atoms with E-state index in [2.05, 4.69) is 4.74 Å². The summed E-state index contributed by atoms with van der Waals surface area (Å²) in [6, 6.07) is -1.48. The Labute approximate surface area is 54.9 Å². The number of rotatable bonds is 1. The third-order valence-corrected chi connectivity index (χ3v) is 1.10. The van der Waals surface area contributed by atoms with Crippen LogP contribution in [-0.2, 0) is 14.3 Å². The highest BCUT2D eigenvalue weighted by Gasteiger charge is 2.42. The van der Waals surface area contributed by atoms with Gasteiger partial charge >= 0.3 is 18.0 Å². The van der Waals surface area contributed by atoms with Crippen LogP contribution in [0.3, 0.4) is 0 Å². The van der Waals surface area contributed by atoms with Crippen LogP contribution < -0.4 is 0 Å². The molecule has 0 aromatic carbocycles. The van der Waals surface area contributed by atoms with Gasteiger partial charge in [-0.25, -0.2) is 4.79 Å². The van der Waals surface area contributed by atoms with Crippen molar-refractivity contribution < 1.29 is 19.2 Å². The molecule has 1 rings (SSSR count). The smallest absolute Gasteiger partial charge is 0.388 e. The van der Waals surface area contributed by atoms with Crippen molar-refractivity contribution in [3.8, 4) is 0 Å². The van der Waals surface area contributed by atoms with Gasteiger partial charge in [-0.05, 0) is 0 Å². The van der Waals surface area contributed by atoms with Gasteiger partial charge in [0, 0.05) is 4.92 Å². The van der Waals surface area contributed by atoms with Crippen LogP contribution in [0.1, 0.15) is 6.42 Å². The highest BCUT2D eigenvalue weighted by molar-refractivity contribution is 5.95. The van der Waals surface area contributed by atoms with Crippen molar-refractivity contribution in [2.45, 2.75) is 12.5 Å². The van der Waals surface area contributed by atoms with E-state index >= 15 is 0 Å². The van der Waals surface area contributed by atoms with E-state index < -0.39 is 29.3 Å². The van der Waals surface area contributed by atoms with E-state index in [1.165, 1.54) is 0 Å². The minimum absolute atomic E-state index is 0.439. The average Bonchev–Trinajstić information content (AvgIpc) is 2.10. The molecule has 0 aliphatic carbocycles. The zero-order valence-corrected chi connectivity index (χ0v) is 4.77. The summed E-state index contributed by atoms with van der Waals surface area (Å²) >= 11 is 0. The number of nitro groups is 1. The molecule has 0 radical (unpaired) electrons. The van der Waals surface area contributed by atoms with Gasteiger partial charge in [0.1, 0.15) is 6.42 Å². The SMILES string of the molecule is O=C1CC([N+](=O)[O-])C(=O)O1. The number of hydrogen-bond acceptors (Lipinski definition) is 5. The molecule has 0 N–H and O–H groups in total. The molecule has 1 unspecified atom stereocenters. The van der Waals surface area contributed by atoms with Gasteiger partial charge in [-0.3, -0.25) is 14.9 Å². The van der Waals surface area contributed by atoms with Crippen molar-refractivity contribution in [3.05, 3.63) is 10.1 Å². The minimum atomic E-state index is -1.48. The molecule has 1 heterocycles. The van der Waals surface area contributed by atoms with Crippen molar-refractivity contribution in [2.24, 2.45) is 0 Å². The summed E-state index contributed by atoms with van der Waals surface area (Å²) in [4.78, 5) is 29.6. The zero-order valence-electron chi connectivity index (χ0n) is 4.77. The predicted molar refractivity (Wildman–Crippen MR) is 26.5 cm³/mol. The summed E-state index contributed by atoms with van der Waals surface area (Å²) in [7, 11) is 0. The fourth-order valence-corrected chi connectivity index (χ4v) is 0.624. The number of esters is 2. The van der Waals surface area contributed by atoms with Crippen molar-refractivity contribution in [1.82, 2.24) is 0 Å². The molecule has 1 aliphatic rings. The molecule has 6 nitrogen and oxygen atoms in total. The van der Waals surface area contributed by atoms with E-state index in [1.807, 2.05) is 0 Å². The third kappa shape index (κ3) is 0.949. The lowest BCUT2D eigenvalue weighted by molar-refractivity contribution is -0.505. The van der Waals surface area contributed by atoms with E-state index in [0.717, 1.165) is 0 Å². The summed E-state index contributed by atoms with van der Waals surface area (Å²) in [5, 5.41) is 9.91. The maximum atomic E-state index is 10.3. The number of carbonyl (C=O) groups is 2. The van der Waals surface area contributed by atoms with E-state index in [-0.39, 0.29) is 0 Å². The second-order valence-electron chi connectivity index (χ2n) is 1.80. The van der Waals surface area contributed by atoms with Gasteiger partial charge in [-0.15, -0.1) is 0 Å². The van der Waals surface area contributed by atoms with Gasteiger partial charge < -0.3 is 4.74 Å². The van der Waals surface area contributed by atoms with E-state index in [1.54, 1.807) is 0 Å². The molecular formula is C4H3NO5. The molecule has 0 spiro atoms. The molecule has 6 heteroatoms. The van der Waals surface area contributed by atoms with Gasteiger partial charge in [0.25, 0.3) is 0 Å². The Morgan fingerprint density at radius 1 is 1.60 bits per heavy atom. The topological polar surface area (TPSA) is 86.5 Å². The maximum Gasteiger partial charge on any atom is 0.389 e. The molecule has 10 heavy (non-hydrogen) atoms. The van der Waals surface area contributed by atoms with Gasteiger partial charge in [-0.1, -0.05) is 0 Å². The quantitative estimate of drug-likeness (QED) is 0.206. The zero-order chi connectivity index (χ0) is 7.72. The number of ether oxygens (including phenoxy) is 1. The van der Waals surface area contributed by atoms with Crippen molar-refractivity contribution in [1.29, 1.82) is 0 Å². The van der Waals surface area contributed by atoms with E-state index in [0.29, 0.717) is 0 Å². The fourth-order valence-electron chi connectivity index (χ4n) is 0.624. The third-order valence-electron chi connectivity index (χ3n) is 1.10. The monoisotopic (exact) mass is 145 g/mol. The summed E-state index contributed by atoms with van der Waals surface area (Å²) < 4.78 is 3.92. The van der Waals surface area contributed by atoms with Gasteiger partial charge in [0.05, 0.1) is 0 Å². The van der Waals surface area contributed by atoms with Crippen molar-refractivity contribution in [3.63, 3.8) is 0 Å². The van der Waals surface area contributed by atoms with Crippen LogP contribution in [0.2, 0.25) is 0 Å². The summed E-state index contributed by atoms with van der Waals surface area (Å²) in [6.07, 6.45) is -0.439. The first-order chi connectivity index (χ1) is 4.61. The minimum Gasteiger partial charge on any atom is -0.388 e. The molecule has 1 fully saturated rings. The van der Waals surface area contributed by atoms with Crippen LogP contribution in [0.5, 0.6) is 0 Å². The fraction of sp³-hybridized carbons (Fsp3) is 0.500. The summed E-state index contributed by atoms with van der Waals surface area (Å²) in [5.74, 6) is -1.89. The summed E-state index contributed by atoms with van der Waals surface area (Å²) in [5.41, 5.74) is 0. The van der Waals surface area contributed by atoms with Crippen LogP contribution in [0, 0.1) is 10.1 Å². The lowest BCUT2D eigenvalue weighted by atomic mass is 10.3. The Morgan fingerprint density at radius 3 is 2.40 bits per heavy atom. The molecule has 0 aromatic rings. The van der Waals surface area contributed by atoms with Crippen LogP contribution in [0.15, 0.2) is 0 Å². The van der Waals surface area contributed by atoms with Gasteiger partial charge in [-0.2, -0.15) is 0 Å². The number of carbonyl (C=O) groups excluding carboxylic acids is 2. The van der Waals surface area contributed by atoms with E-state index in [9.17, 15) is 19.7 Å². The average molecular weight is 145 g/mol. The molecule has 1 atom stereocenters. The maximum absolute atomic E-state index is 10.3. The van der Waals surface area contributed by atoms with Crippen molar-refractivity contribution in [2.75, 3.05) is 0 Å². The molecule has 0 amide bonds. The highest BCUT2D eigenvalue weighted by atomic mass is 16.6. The number of cyclic esters (lactones) is 2. The van der Waals surface area contributed by atoms with Gasteiger partial charge in [0.15, 0.2) is 0 Å². The first kappa shape index (κ1) is 6.66. The highest BCUT2D eigenvalue weighted by Crippen LogP contribution is 2.09. The number of nitrogens with zero attached hydrogens (tertiary/aromatic N) is 1. The Hall–Kier alpha value is -1.46. The predicted octanol–water partition coefficient (Wildman–Crippen LogP) is -0.895. The molecule has 0 aromatic heterocycles. The number of hydrogen-bond donors (Lipinski definition) is 0. The van der Waals surface area contributed by atoms with E-state index in [4.69, 9.17) is 0 Å². The molecular weight excluding hydrogens is 142 g/mol. The second kappa shape index (κ2) is 2.05. The Morgan fingerprint density at radius 2 is 2.20 bits per heavy atom. The molecule has 0 bridgehead atoms. The van der Waals surface area contributed by atoms with Crippen molar-refractivity contribution >= 4 is 11.9 Å². The molecule has 1 saturated heterocycles. The van der Waals surface area contributed by atoms with Gasteiger partial charge in [0.2, 0.25) is 0 Å².